The molecule has 3 amide bonds. The van der Waals surface area contributed by atoms with E-state index in [1.807, 2.05) is 17.0 Å². The predicted octanol–water partition coefficient (Wildman–Crippen LogP) is 5.56. The largest absolute Gasteiger partial charge is 0.330 e. The molecule has 7 nitrogen and oxygen atoms in total. The first-order valence-electron chi connectivity index (χ1n) is 10.7. The molecule has 0 aliphatic carbocycles. The molecule has 1 unspecified atom stereocenters. The fraction of sp³-hybridized carbons (Fsp3) is 0.160. The summed E-state index contributed by atoms with van der Waals surface area (Å²) in [5.74, 6) is -0.650. The molecule has 4 N–H and O–H groups in total. The molecule has 0 aromatic heterocycles. The Hall–Kier alpha value is -3.91. The Morgan fingerprint density at radius 3 is 2.24 bits per heavy atom. The fourth-order valence-electron chi connectivity index (χ4n) is 3.72. The van der Waals surface area contributed by atoms with Gasteiger partial charge in [-0.1, -0.05) is 29.8 Å². The monoisotopic (exact) mass is 479 g/mol. The molecule has 174 valence electrons. The Balaban J connectivity index is 1.49. The number of rotatable bonds is 6. The molecule has 4 rings (SSSR count). The number of halogens is 2. The number of anilines is 3. The fourth-order valence-corrected chi connectivity index (χ4v) is 3.85. The summed E-state index contributed by atoms with van der Waals surface area (Å²) in [4.78, 5) is 27.6. The lowest BCUT2D eigenvalue weighted by Crippen LogP contribution is -2.39. The van der Waals surface area contributed by atoms with Crippen molar-refractivity contribution in [2.45, 2.75) is 18.9 Å². The van der Waals surface area contributed by atoms with Crippen LogP contribution >= 0.6 is 11.6 Å². The molecular formula is C25H23ClFN5O2. The average molecular weight is 480 g/mol. The minimum atomic E-state index is -1.28. The van der Waals surface area contributed by atoms with E-state index in [2.05, 4.69) is 16.0 Å². The summed E-state index contributed by atoms with van der Waals surface area (Å²) < 4.78 is 14.5. The van der Waals surface area contributed by atoms with Crippen LogP contribution in [0.4, 0.5) is 26.2 Å². The summed E-state index contributed by atoms with van der Waals surface area (Å²) in [5.41, 5.74) is 1.86. The zero-order chi connectivity index (χ0) is 24.1. The summed E-state index contributed by atoms with van der Waals surface area (Å²) in [6.45, 7) is 0.784. The average Bonchev–Trinajstić information content (AvgIpc) is 3.26. The number of amides is 3. The molecule has 1 saturated heterocycles. The van der Waals surface area contributed by atoms with Gasteiger partial charge in [0.15, 0.2) is 0 Å². The number of carbonyl (C=O) groups excluding carboxylic acids is 2. The van der Waals surface area contributed by atoms with Crippen LogP contribution in [0.1, 0.15) is 24.4 Å². The molecule has 1 fully saturated rings. The first-order chi connectivity index (χ1) is 16.4. The quantitative estimate of drug-likeness (QED) is 0.372. The molecule has 1 atom stereocenters. The van der Waals surface area contributed by atoms with E-state index in [4.69, 9.17) is 17.0 Å². The maximum Gasteiger partial charge on any atom is 0.320 e. The van der Waals surface area contributed by atoms with Crippen molar-refractivity contribution in [1.29, 1.82) is 5.41 Å². The zero-order valence-corrected chi connectivity index (χ0v) is 18.9. The predicted molar refractivity (Wildman–Crippen MR) is 132 cm³/mol. The number of carbonyl (C=O) groups is 2. The smallest absolute Gasteiger partial charge is 0.320 e. The molecule has 34 heavy (non-hydrogen) atoms. The lowest BCUT2D eigenvalue weighted by Gasteiger charge is -2.21. The maximum atomic E-state index is 14.5. The number of benzene rings is 3. The Bertz CT molecular complexity index is 1200. The van der Waals surface area contributed by atoms with Gasteiger partial charge in [0, 0.05) is 40.6 Å². The van der Waals surface area contributed by atoms with Crippen LogP contribution in [0.2, 0.25) is 5.02 Å². The molecule has 0 radical (unpaired) electrons. The number of amidine groups is 1. The van der Waals surface area contributed by atoms with E-state index >= 15 is 0 Å². The summed E-state index contributed by atoms with van der Waals surface area (Å²) in [7, 11) is 0. The Morgan fingerprint density at radius 1 is 0.941 bits per heavy atom. The summed E-state index contributed by atoms with van der Waals surface area (Å²) in [6, 6.07) is 17.3. The lowest BCUT2D eigenvalue weighted by atomic mass is 10.1. The van der Waals surface area contributed by atoms with E-state index in [9.17, 15) is 14.0 Å². The van der Waals surface area contributed by atoms with Crippen molar-refractivity contribution >= 4 is 46.4 Å². The second-order valence-electron chi connectivity index (χ2n) is 7.80. The number of hydrogen-bond acceptors (Lipinski definition) is 3. The van der Waals surface area contributed by atoms with Crippen molar-refractivity contribution in [2.24, 2.45) is 0 Å². The topological polar surface area (TPSA) is 97.3 Å². The maximum absolute atomic E-state index is 14.5. The van der Waals surface area contributed by atoms with Crippen LogP contribution in [0.5, 0.6) is 0 Å². The summed E-state index contributed by atoms with van der Waals surface area (Å²) in [5, 5.41) is 16.4. The molecule has 3 aromatic rings. The Morgan fingerprint density at radius 2 is 1.59 bits per heavy atom. The second-order valence-corrected chi connectivity index (χ2v) is 8.23. The third kappa shape index (κ3) is 5.52. The first kappa shape index (κ1) is 23.3. The van der Waals surface area contributed by atoms with Crippen LogP contribution in [-0.2, 0) is 4.79 Å². The van der Waals surface area contributed by atoms with Crippen LogP contribution in [-0.4, -0.2) is 24.3 Å². The minimum Gasteiger partial charge on any atom is -0.330 e. The van der Waals surface area contributed by atoms with Gasteiger partial charge in [-0.15, -0.1) is 0 Å². The second kappa shape index (κ2) is 10.4. The third-order valence-electron chi connectivity index (χ3n) is 5.42. The van der Waals surface area contributed by atoms with Gasteiger partial charge in [0.25, 0.3) is 5.91 Å². The van der Waals surface area contributed by atoms with Crippen LogP contribution in [0.15, 0.2) is 72.8 Å². The highest BCUT2D eigenvalue weighted by atomic mass is 35.5. The van der Waals surface area contributed by atoms with Crippen molar-refractivity contribution in [1.82, 2.24) is 5.32 Å². The molecular weight excluding hydrogens is 457 g/mol. The van der Waals surface area contributed by atoms with E-state index < -0.39 is 23.8 Å². The van der Waals surface area contributed by atoms with Crippen LogP contribution in [0, 0.1) is 11.2 Å². The number of nitrogens with one attached hydrogen (secondary N) is 4. The highest BCUT2D eigenvalue weighted by molar-refractivity contribution is 6.30. The van der Waals surface area contributed by atoms with E-state index in [0.717, 1.165) is 25.1 Å². The molecule has 1 aliphatic rings. The van der Waals surface area contributed by atoms with Gasteiger partial charge in [-0.2, -0.15) is 0 Å². The standard InChI is InChI=1S/C25H23ClFN5O2/c26-16-7-9-18(10-8-16)30-25(34)31-23(20-4-1-2-5-21(20)27)24(33)29-17-11-13-19(14-12-17)32-15-3-6-22(32)28/h1-2,4-5,7-14,23,28H,3,6,15H2,(H,29,33)(H2,30,31,34). The number of hydrogen-bond donors (Lipinski definition) is 4. The van der Waals surface area contributed by atoms with Crippen molar-refractivity contribution in [3.63, 3.8) is 0 Å². The Kier molecular flexibility index (Phi) is 7.08. The van der Waals surface area contributed by atoms with Gasteiger partial charge in [0.2, 0.25) is 0 Å². The van der Waals surface area contributed by atoms with Gasteiger partial charge in [0.1, 0.15) is 17.7 Å². The van der Waals surface area contributed by atoms with Crippen molar-refractivity contribution in [3.05, 3.63) is 89.2 Å². The Labute approximate surface area is 201 Å². The van der Waals surface area contributed by atoms with Crippen molar-refractivity contribution in [3.8, 4) is 0 Å². The van der Waals surface area contributed by atoms with E-state index in [1.54, 1.807) is 42.5 Å². The molecule has 9 heteroatoms. The van der Waals surface area contributed by atoms with Gasteiger partial charge in [-0.3, -0.25) is 10.2 Å². The molecule has 0 spiro atoms. The zero-order valence-electron chi connectivity index (χ0n) is 18.1. The molecule has 1 aliphatic heterocycles. The van der Waals surface area contributed by atoms with Gasteiger partial charge in [0.05, 0.1) is 0 Å². The molecule has 1 heterocycles. The van der Waals surface area contributed by atoms with Gasteiger partial charge >= 0.3 is 6.03 Å². The SMILES string of the molecule is N=C1CCCN1c1ccc(NC(=O)C(NC(=O)Nc2ccc(Cl)cc2)c2ccccc2F)cc1. The van der Waals surface area contributed by atoms with Crippen molar-refractivity contribution in [2.75, 3.05) is 22.1 Å². The normalized spacial score (nSPS) is 13.9. The van der Waals surface area contributed by atoms with Gasteiger partial charge in [-0.05, 0) is 61.0 Å². The molecule has 3 aromatic carbocycles. The number of nitrogens with zero attached hydrogens (tertiary/aromatic N) is 1. The molecule has 0 bridgehead atoms. The van der Waals surface area contributed by atoms with Gasteiger partial charge < -0.3 is 20.9 Å². The van der Waals surface area contributed by atoms with Crippen molar-refractivity contribution < 1.29 is 14.0 Å². The highest BCUT2D eigenvalue weighted by Gasteiger charge is 2.26. The third-order valence-corrected chi connectivity index (χ3v) is 5.68. The number of urea groups is 1. The highest BCUT2D eigenvalue weighted by Crippen LogP contribution is 2.25. The van der Waals surface area contributed by atoms with E-state index in [0.29, 0.717) is 22.2 Å². The summed E-state index contributed by atoms with van der Waals surface area (Å²) >= 11 is 5.87. The van der Waals surface area contributed by atoms with Crippen LogP contribution in [0.25, 0.3) is 0 Å². The minimum absolute atomic E-state index is 0.0355. The lowest BCUT2D eigenvalue weighted by molar-refractivity contribution is -0.118. The van der Waals surface area contributed by atoms with Crippen LogP contribution in [0.3, 0.4) is 0 Å². The van der Waals surface area contributed by atoms with Crippen LogP contribution < -0.4 is 20.9 Å². The summed E-state index contributed by atoms with van der Waals surface area (Å²) in [6.07, 6.45) is 1.68. The van der Waals surface area contributed by atoms with E-state index in [1.165, 1.54) is 18.2 Å². The van der Waals surface area contributed by atoms with E-state index in [-0.39, 0.29) is 5.56 Å². The van der Waals surface area contributed by atoms with Gasteiger partial charge in [-0.25, -0.2) is 9.18 Å². The molecule has 0 saturated carbocycles. The first-order valence-corrected chi connectivity index (χ1v) is 11.1.